The van der Waals surface area contributed by atoms with E-state index in [2.05, 4.69) is 0 Å². The number of hydrogen-bond donors (Lipinski definition) is 2. The molecule has 0 aromatic rings. The Morgan fingerprint density at radius 2 is 2.08 bits per heavy atom. The minimum absolute atomic E-state index is 0.0684. The van der Waals surface area contributed by atoms with Gasteiger partial charge >= 0.3 is 5.97 Å². The maximum atomic E-state index is 10.7. The Morgan fingerprint density at radius 1 is 1.50 bits per heavy atom. The average Bonchev–Trinajstić information content (AvgIpc) is 2.03. The SMILES string of the molecule is N#CCCCC(=O)C(O)C(=O)O. The number of aliphatic carboxylic acids is 1. The lowest BCUT2D eigenvalue weighted by Gasteiger charge is -2.01. The van der Waals surface area contributed by atoms with E-state index in [0.717, 1.165) is 0 Å². The van der Waals surface area contributed by atoms with Crippen molar-refractivity contribution in [1.82, 2.24) is 0 Å². The van der Waals surface area contributed by atoms with Crippen molar-refractivity contribution in [3.05, 3.63) is 0 Å². The summed E-state index contributed by atoms with van der Waals surface area (Å²) in [5.41, 5.74) is 0. The highest BCUT2D eigenvalue weighted by Crippen LogP contribution is 1.99. The summed E-state index contributed by atoms with van der Waals surface area (Å²) in [7, 11) is 0. The first-order chi connectivity index (χ1) is 5.59. The number of aliphatic hydroxyl groups is 1. The van der Waals surface area contributed by atoms with E-state index in [4.69, 9.17) is 15.5 Å². The van der Waals surface area contributed by atoms with Crippen molar-refractivity contribution in [1.29, 1.82) is 5.26 Å². The lowest BCUT2D eigenvalue weighted by atomic mass is 10.1. The fraction of sp³-hybridized carbons (Fsp3) is 0.571. The number of unbranched alkanes of at least 4 members (excludes halogenated alkanes) is 1. The van der Waals surface area contributed by atoms with E-state index in [1.54, 1.807) is 0 Å². The predicted molar refractivity (Wildman–Crippen MR) is 38.1 cm³/mol. The summed E-state index contributed by atoms with van der Waals surface area (Å²) in [5, 5.41) is 24.9. The molecule has 0 aliphatic heterocycles. The number of ketones is 1. The Bertz CT molecular complexity index is 218. The van der Waals surface area contributed by atoms with E-state index >= 15 is 0 Å². The van der Waals surface area contributed by atoms with Crippen LogP contribution in [0.25, 0.3) is 0 Å². The van der Waals surface area contributed by atoms with Gasteiger partial charge in [0.15, 0.2) is 5.78 Å². The number of nitrogens with zero attached hydrogens (tertiary/aromatic N) is 1. The van der Waals surface area contributed by atoms with Crippen molar-refractivity contribution in [3.63, 3.8) is 0 Å². The van der Waals surface area contributed by atoms with Gasteiger partial charge in [-0.2, -0.15) is 5.26 Å². The number of nitriles is 1. The number of aliphatic hydroxyl groups excluding tert-OH is 1. The number of hydrogen-bond acceptors (Lipinski definition) is 4. The van der Waals surface area contributed by atoms with E-state index < -0.39 is 17.9 Å². The second-order valence-electron chi connectivity index (χ2n) is 2.22. The van der Waals surface area contributed by atoms with E-state index in [1.165, 1.54) is 0 Å². The Labute approximate surface area is 69.2 Å². The number of Topliss-reactive ketones (excluding diaryl/α,β-unsaturated/α-hetero) is 1. The van der Waals surface area contributed by atoms with Crippen LogP contribution in [0.5, 0.6) is 0 Å². The van der Waals surface area contributed by atoms with Gasteiger partial charge in [-0.05, 0) is 6.42 Å². The molecule has 0 rings (SSSR count). The maximum Gasteiger partial charge on any atom is 0.340 e. The van der Waals surface area contributed by atoms with Gasteiger partial charge in [-0.1, -0.05) is 0 Å². The van der Waals surface area contributed by atoms with Crippen LogP contribution in [-0.4, -0.2) is 28.1 Å². The van der Waals surface area contributed by atoms with Crippen molar-refractivity contribution >= 4 is 11.8 Å². The lowest BCUT2D eigenvalue weighted by molar-refractivity contribution is -0.152. The summed E-state index contributed by atoms with van der Waals surface area (Å²) >= 11 is 0. The molecule has 12 heavy (non-hydrogen) atoms. The summed E-state index contributed by atoms with van der Waals surface area (Å²) in [6.45, 7) is 0. The van der Waals surface area contributed by atoms with E-state index in [1.807, 2.05) is 6.07 Å². The Morgan fingerprint density at radius 3 is 2.50 bits per heavy atom. The zero-order valence-corrected chi connectivity index (χ0v) is 6.36. The second-order valence-corrected chi connectivity index (χ2v) is 2.22. The fourth-order valence-corrected chi connectivity index (χ4v) is 0.616. The molecule has 2 N–H and O–H groups in total. The number of carboxylic acids is 1. The third kappa shape index (κ3) is 3.68. The highest BCUT2D eigenvalue weighted by molar-refractivity contribution is 6.00. The molecule has 0 amide bonds. The Hall–Kier alpha value is -1.41. The van der Waals surface area contributed by atoms with Crippen molar-refractivity contribution in [2.24, 2.45) is 0 Å². The number of rotatable bonds is 5. The van der Waals surface area contributed by atoms with Crippen LogP contribution in [0.15, 0.2) is 0 Å². The molecule has 0 radical (unpaired) electrons. The molecule has 0 saturated heterocycles. The molecular formula is C7H9NO4. The Balaban J connectivity index is 3.74. The van der Waals surface area contributed by atoms with E-state index in [0.29, 0.717) is 6.42 Å². The summed E-state index contributed by atoms with van der Waals surface area (Å²) < 4.78 is 0. The zero-order chi connectivity index (χ0) is 9.56. The van der Waals surface area contributed by atoms with Gasteiger partial charge in [0.25, 0.3) is 0 Å². The zero-order valence-electron chi connectivity index (χ0n) is 6.36. The van der Waals surface area contributed by atoms with Gasteiger partial charge in [-0.25, -0.2) is 4.79 Å². The molecule has 1 unspecified atom stereocenters. The van der Waals surface area contributed by atoms with Gasteiger partial charge in [-0.3, -0.25) is 4.79 Å². The van der Waals surface area contributed by atoms with Crippen LogP contribution >= 0.6 is 0 Å². The molecule has 0 aliphatic rings. The molecule has 0 bridgehead atoms. The molecule has 0 heterocycles. The van der Waals surface area contributed by atoms with Crippen LogP contribution in [-0.2, 0) is 9.59 Å². The second kappa shape index (κ2) is 5.27. The summed E-state index contributed by atoms with van der Waals surface area (Å²) in [5.74, 6) is -2.30. The van der Waals surface area contributed by atoms with Crippen LogP contribution in [0.2, 0.25) is 0 Å². The molecule has 5 heteroatoms. The van der Waals surface area contributed by atoms with Crippen LogP contribution in [0, 0.1) is 11.3 Å². The molecule has 0 fully saturated rings. The van der Waals surface area contributed by atoms with Gasteiger partial charge in [0, 0.05) is 12.8 Å². The highest BCUT2D eigenvalue weighted by Gasteiger charge is 2.21. The van der Waals surface area contributed by atoms with Crippen molar-refractivity contribution in [2.45, 2.75) is 25.4 Å². The molecule has 0 saturated carbocycles. The third-order valence-corrected chi connectivity index (χ3v) is 1.25. The normalized spacial score (nSPS) is 11.7. The molecule has 5 nitrogen and oxygen atoms in total. The first kappa shape index (κ1) is 10.6. The maximum absolute atomic E-state index is 10.7. The number of carbonyl (C=O) groups is 2. The largest absolute Gasteiger partial charge is 0.479 e. The Kier molecular flexibility index (Phi) is 4.65. The summed E-state index contributed by atoms with van der Waals surface area (Å²) in [6, 6.07) is 1.81. The van der Waals surface area contributed by atoms with Crippen molar-refractivity contribution < 1.29 is 19.8 Å². The molecule has 66 valence electrons. The minimum atomic E-state index is -1.94. The van der Waals surface area contributed by atoms with Crippen LogP contribution in [0.1, 0.15) is 19.3 Å². The third-order valence-electron chi connectivity index (χ3n) is 1.25. The van der Waals surface area contributed by atoms with Crippen LogP contribution in [0.3, 0.4) is 0 Å². The van der Waals surface area contributed by atoms with Crippen LogP contribution in [0.4, 0.5) is 0 Å². The lowest BCUT2D eigenvalue weighted by Crippen LogP contribution is -2.29. The fourth-order valence-electron chi connectivity index (χ4n) is 0.616. The van der Waals surface area contributed by atoms with Gasteiger partial charge in [0.1, 0.15) is 0 Å². The molecule has 0 aromatic heterocycles. The number of carboxylic acid groups (broad SMARTS) is 1. The van der Waals surface area contributed by atoms with Crippen LogP contribution < -0.4 is 0 Å². The highest BCUT2D eigenvalue weighted by atomic mass is 16.4. The van der Waals surface area contributed by atoms with E-state index in [-0.39, 0.29) is 12.8 Å². The van der Waals surface area contributed by atoms with Gasteiger partial charge in [-0.15, -0.1) is 0 Å². The predicted octanol–water partition coefficient (Wildman–Crippen LogP) is -0.305. The van der Waals surface area contributed by atoms with E-state index in [9.17, 15) is 9.59 Å². The molecule has 0 aliphatic carbocycles. The van der Waals surface area contributed by atoms with Gasteiger partial charge in [0.2, 0.25) is 6.10 Å². The quantitative estimate of drug-likeness (QED) is 0.437. The first-order valence-electron chi connectivity index (χ1n) is 3.40. The monoisotopic (exact) mass is 171 g/mol. The summed E-state index contributed by atoms with van der Waals surface area (Å²) in [6.07, 6.45) is -1.53. The standard InChI is InChI=1S/C7H9NO4/c8-4-2-1-3-5(9)6(10)7(11)12/h6,10H,1-3H2,(H,11,12). The molecule has 0 aromatic carbocycles. The smallest absolute Gasteiger partial charge is 0.340 e. The molecular weight excluding hydrogens is 162 g/mol. The van der Waals surface area contributed by atoms with Crippen molar-refractivity contribution in [2.75, 3.05) is 0 Å². The molecule has 0 spiro atoms. The van der Waals surface area contributed by atoms with Gasteiger partial charge < -0.3 is 10.2 Å². The summed E-state index contributed by atoms with van der Waals surface area (Å²) in [4.78, 5) is 20.8. The van der Waals surface area contributed by atoms with Gasteiger partial charge in [0.05, 0.1) is 6.07 Å². The number of carbonyl (C=O) groups excluding carboxylic acids is 1. The average molecular weight is 171 g/mol. The molecule has 1 atom stereocenters. The minimum Gasteiger partial charge on any atom is -0.479 e. The topological polar surface area (TPSA) is 98.4 Å². The van der Waals surface area contributed by atoms with Crippen molar-refractivity contribution in [3.8, 4) is 6.07 Å². The first-order valence-corrected chi connectivity index (χ1v) is 3.40.